The Bertz CT molecular complexity index is 623. The average Bonchev–Trinajstić information content (AvgIpc) is 2.44. The van der Waals surface area contributed by atoms with Crippen LogP contribution in [0.4, 0.5) is 5.69 Å². The summed E-state index contributed by atoms with van der Waals surface area (Å²) in [5.41, 5.74) is 7.97. The standard InChI is InChI=1S/C17H19ClN2O/c1-12(2)20(11-13-4-3-5-15(18)10-13)17(21)14-6-8-16(19)9-7-14/h3-10,12H,11,19H2,1-2H3. The molecule has 0 aliphatic heterocycles. The molecule has 2 aromatic carbocycles. The van der Waals surface area contributed by atoms with Crippen molar-refractivity contribution in [3.05, 3.63) is 64.7 Å². The second-order valence-electron chi connectivity index (χ2n) is 5.28. The first-order valence-corrected chi connectivity index (χ1v) is 7.26. The van der Waals surface area contributed by atoms with E-state index in [0.29, 0.717) is 22.8 Å². The first-order chi connectivity index (χ1) is 9.97. The Morgan fingerprint density at radius 2 is 1.86 bits per heavy atom. The van der Waals surface area contributed by atoms with E-state index in [9.17, 15) is 4.79 Å². The number of nitrogens with zero attached hydrogens (tertiary/aromatic N) is 1. The van der Waals surface area contributed by atoms with Gasteiger partial charge in [-0.3, -0.25) is 4.79 Å². The third-order valence-corrected chi connectivity index (χ3v) is 3.52. The number of benzene rings is 2. The molecular formula is C17H19ClN2O. The van der Waals surface area contributed by atoms with Gasteiger partial charge in [0.1, 0.15) is 0 Å². The normalized spacial score (nSPS) is 10.7. The lowest BCUT2D eigenvalue weighted by molar-refractivity contribution is 0.0690. The minimum absolute atomic E-state index is 0.00928. The van der Waals surface area contributed by atoms with Crippen molar-refractivity contribution in [1.29, 1.82) is 0 Å². The third kappa shape index (κ3) is 3.99. The number of hydrogen-bond donors (Lipinski definition) is 1. The molecule has 3 nitrogen and oxygen atoms in total. The molecule has 2 aromatic rings. The summed E-state index contributed by atoms with van der Waals surface area (Å²) in [5.74, 6) is -0.00928. The van der Waals surface area contributed by atoms with E-state index in [1.54, 1.807) is 24.3 Å². The maximum Gasteiger partial charge on any atom is 0.254 e. The highest BCUT2D eigenvalue weighted by molar-refractivity contribution is 6.30. The Balaban J connectivity index is 2.22. The molecule has 0 aliphatic carbocycles. The molecule has 21 heavy (non-hydrogen) atoms. The molecule has 0 spiro atoms. The fourth-order valence-corrected chi connectivity index (χ4v) is 2.33. The molecular weight excluding hydrogens is 284 g/mol. The number of anilines is 1. The van der Waals surface area contributed by atoms with Crippen LogP contribution in [0.25, 0.3) is 0 Å². The molecule has 0 unspecified atom stereocenters. The van der Waals surface area contributed by atoms with Crippen LogP contribution in [-0.4, -0.2) is 16.8 Å². The summed E-state index contributed by atoms with van der Waals surface area (Å²) in [7, 11) is 0. The van der Waals surface area contributed by atoms with Crippen LogP contribution in [0.1, 0.15) is 29.8 Å². The molecule has 2 N–H and O–H groups in total. The van der Waals surface area contributed by atoms with Crippen molar-refractivity contribution in [2.75, 3.05) is 5.73 Å². The second kappa shape index (κ2) is 6.64. The number of carbonyl (C=O) groups is 1. The molecule has 4 heteroatoms. The zero-order valence-electron chi connectivity index (χ0n) is 12.2. The number of hydrogen-bond acceptors (Lipinski definition) is 2. The molecule has 0 saturated carbocycles. The molecule has 110 valence electrons. The Kier molecular flexibility index (Phi) is 4.86. The lowest BCUT2D eigenvalue weighted by Crippen LogP contribution is -2.36. The number of halogens is 1. The van der Waals surface area contributed by atoms with Crippen molar-refractivity contribution in [1.82, 2.24) is 4.90 Å². The molecule has 0 fully saturated rings. The van der Waals surface area contributed by atoms with Crippen LogP contribution in [0, 0.1) is 0 Å². The Morgan fingerprint density at radius 3 is 2.43 bits per heavy atom. The monoisotopic (exact) mass is 302 g/mol. The molecule has 2 rings (SSSR count). The second-order valence-corrected chi connectivity index (χ2v) is 5.72. The topological polar surface area (TPSA) is 46.3 Å². The van der Waals surface area contributed by atoms with Gasteiger partial charge < -0.3 is 10.6 Å². The van der Waals surface area contributed by atoms with Gasteiger partial charge in [0.2, 0.25) is 0 Å². The quantitative estimate of drug-likeness (QED) is 0.869. The summed E-state index contributed by atoms with van der Waals surface area (Å²) in [6.07, 6.45) is 0. The van der Waals surface area contributed by atoms with Crippen molar-refractivity contribution < 1.29 is 4.79 Å². The fourth-order valence-electron chi connectivity index (χ4n) is 2.11. The summed E-state index contributed by atoms with van der Waals surface area (Å²) in [4.78, 5) is 14.5. The summed E-state index contributed by atoms with van der Waals surface area (Å²) in [6, 6.07) is 14.7. The zero-order valence-corrected chi connectivity index (χ0v) is 13.0. The van der Waals surface area contributed by atoms with Gasteiger partial charge in [-0.1, -0.05) is 23.7 Å². The highest BCUT2D eigenvalue weighted by atomic mass is 35.5. The Morgan fingerprint density at radius 1 is 1.19 bits per heavy atom. The van der Waals surface area contributed by atoms with Crippen LogP contribution in [0.15, 0.2) is 48.5 Å². The van der Waals surface area contributed by atoms with Gasteiger partial charge in [0.15, 0.2) is 0 Å². The first-order valence-electron chi connectivity index (χ1n) is 6.88. The molecule has 1 amide bonds. The van der Waals surface area contributed by atoms with Crippen LogP contribution in [0.5, 0.6) is 0 Å². The molecule has 0 bridgehead atoms. The van der Waals surface area contributed by atoms with Crippen molar-refractivity contribution in [3.8, 4) is 0 Å². The van der Waals surface area contributed by atoms with Crippen LogP contribution < -0.4 is 5.73 Å². The van der Waals surface area contributed by atoms with Crippen LogP contribution in [0.3, 0.4) is 0 Å². The fraction of sp³-hybridized carbons (Fsp3) is 0.235. The average molecular weight is 303 g/mol. The first kappa shape index (κ1) is 15.4. The highest BCUT2D eigenvalue weighted by Crippen LogP contribution is 2.17. The number of nitrogens with two attached hydrogens (primary N) is 1. The van der Waals surface area contributed by atoms with Gasteiger partial charge in [0, 0.05) is 28.9 Å². The molecule has 0 atom stereocenters. The predicted octanol–water partition coefficient (Wildman–Crippen LogP) is 3.97. The minimum atomic E-state index is -0.00928. The van der Waals surface area contributed by atoms with Crippen molar-refractivity contribution in [2.24, 2.45) is 0 Å². The van der Waals surface area contributed by atoms with Gasteiger partial charge in [0.25, 0.3) is 5.91 Å². The van der Waals surface area contributed by atoms with Gasteiger partial charge in [-0.15, -0.1) is 0 Å². The Labute approximate surface area is 130 Å². The van der Waals surface area contributed by atoms with Crippen LogP contribution in [0.2, 0.25) is 5.02 Å². The largest absolute Gasteiger partial charge is 0.399 e. The van der Waals surface area contributed by atoms with E-state index in [1.807, 2.05) is 43.0 Å². The molecule has 0 aliphatic rings. The summed E-state index contributed by atoms with van der Waals surface area (Å²) in [6.45, 7) is 4.53. The van der Waals surface area contributed by atoms with E-state index < -0.39 is 0 Å². The van der Waals surface area contributed by atoms with E-state index in [1.165, 1.54) is 0 Å². The highest BCUT2D eigenvalue weighted by Gasteiger charge is 2.19. The van der Waals surface area contributed by atoms with Gasteiger partial charge in [-0.25, -0.2) is 0 Å². The van der Waals surface area contributed by atoms with Crippen molar-refractivity contribution in [2.45, 2.75) is 26.4 Å². The minimum Gasteiger partial charge on any atom is -0.399 e. The van der Waals surface area contributed by atoms with E-state index in [-0.39, 0.29) is 11.9 Å². The lowest BCUT2D eigenvalue weighted by Gasteiger charge is -2.27. The third-order valence-electron chi connectivity index (χ3n) is 3.28. The number of amides is 1. The van der Waals surface area contributed by atoms with Crippen LogP contribution in [-0.2, 0) is 6.54 Å². The van der Waals surface area contributed by atoms with Crippen LogP contribution >= 0.6 is 11.6 Å². The van der Waals surface area contributed by atoms with Crippen molar-refractivity contribution >= 4 is 23.2 Å². The van der Waals surface area contributed by atoms with E-state index in [4.69, 9.17) is 17.3 Å². The van der Waals surface area contributed by atoms with Gasteiger partial charge in [-0.05, 0) is 55.8 Å². The summed E-state index contributed by atoms with van der Waals surface area (Å²) in [5, 5.41) is 0.677. The van der Waals surface area contributed by atoms with Crippen molar-refractivity contribution in [3.63, 3.8) is 0 Å². The number of nitrogen functional groups attached to an aromatic ring is 1. The maximum atomic E-state index is 12.6. The molecule has 0 heterocycles. The predicted molar refractivity (Wildman–Crippen MR) is 87.3 cm³/mol. The van der Waals surface area contributed by atoms with E-state index in [2.05, 4.69) is 0 Å². The molecule has 0 radical (unpaired) electrons. The number of rotatable bonds is 4. The Hall–Kier alpha value is -2.00. The number of carbonyl (C=O) groups excluding carboxylic acids is 1. The molecule has 0 saturated heterocycles. The van der Waals surface area contributed by atoms with Gasteiger partial charge in [-0.2, -0.15) is 0 Å². The smallest absolute Gasteiger partial charge is 0.254 e. The summed E-state index contributed by atoms with van der Waals surface area (Å²) < 4.78 is 0. The zero-order chi connectivity index (χ0) is 15.4. The van der Waals surface area contributed by atoms with E-state index in [0.717, 1.165) is 5.56 Å². The molecule has 0 aromatic heterocycles. The lowest BCUT2D eigenvalue weighted by atomic mass is 10.1. The maximum absolute atomic E-state index is 12.6. The van der Waals surface area contributed by atoms with Gasteiger partial charge in [0.05, 0.1) is 0 Å². The SMILES string of the molecule is CC(C)N(Cc1cccc(Cl)c1)C(=O)c1ccc(N)cc1. The van der Waals surface area contributed by atoms with E-state index >= 15 is 0 Å². The summed E-state index contributed by atoms with van der Waals surface area (Å²) >= 11 is 6.00. The van der Waals surface area contributed by atoms with Gasteiger partial charge >= 0.3 is 0 Å².